The summed E-state index contributed by atoms with van der Waals surface area (Å²) in [5.74, 6) is -0.0906. The number of para-hydroxylation sites is 1. The van der Waals surface area contributed by atoms with Crippen molar-refractivity contribution >= 4 is 23.2 Å². The molecule has 1 heterocycles. The zero-order valence-electron chi connectivity index (χ0n) is 17.6. The maximum Gasteiger partial charge on any atom is 0.238 e. The second kappa shape index (κ2) is 8.80. The average molecular weight is 411 g/mol. The third kappa shape index (κ3) is 4.86. The molecule has 0 spiro atoms. The van der Waals surface area contributed by atoms with Crippen molar-refractivity contribution in [2.24, 2.45) is 0 Å². The van der Waals surface area contributed by atoms with Gasteiger partial charge in [-0.3, -0.25) is 9.69 Å². The first-order valence-corrected chi connectivity index (χ1v) is 9.99. The number of aromatic nitrogens is 2. The molecule has 152 valence electrons. The second-order valence-electron chi connectivity index (χ2n) is 7.56. The number of halogens is 1. The van der Waals surface area contributed by atoms with Gasteiger partial charge >= 0.3 is 0 Å². The van der Waals surface area contributed by atoms with Crippen LogP contribution in [-0.2, 0) is 11.3 Å². The molecule has 1 aromatic heterocycles. The van der Waals surface area contributed by atoms with Gasteiger partial charge in [0.05, 0.1) is 28.6 Å². The van der Waals surface area contributed by atoms with Crippen LogP contribution < -0.4 is 5.32 Å². The molecule has 0 unspecified atom stereocenters. The lowest BCUT2D eigenvalue weighted by Gasteiger charge is -2.18. The number of anilines is 1. The lowest BCUT2D eigenvalue weighted by molar-refractivity contribution is -0.117. The highest BCUT2D eigenvalue weighted by molar-refractivity contribution is 6.34. The Morgan fingerprint density at radius 2 is 1.83 bits per heavy atom. The normalized spacial score (nSPS) is 11.1. The lowest BCUT2D eigenvalue weighted by Crippen LogP contribution is -2.30. The molecule has 1 N–H and O–H groups in total. The Balaban J connectivity index is 1.69. The van der Waals surface area contributed by atoms with Gasteiger partial charge in [0.25, 0.3) is 0 Å². The molecule has 0 bridgehead atoms. The van der Waals surface area contributed by atoms with Crippen molar-refractivity contribution < 1.29 is 4.79 Å². The predicted molar refractivity (Wildman–Crippen MR) is 119 cm³/mol. The summed E-state index contributed by atoms with van der Waals surface area (Å²) in [6.45, 7) is 8.90. The van der Waals surface area contributed by atoms with E-state index in [1.165, 1.54) is 0 Å². The van der Waals surface area contributed by atoms with Gasteiger partial charge in [-0.1, -0.05) is 35.9 Å². The monoisotopic (exact) mass is 410 g/mol. The number of nitrogens with one attached hydrogen (secondary N) is 1. The van der Waals surface area contributed by atoms with Crippen LogP contribution in [0.4, 0.5) is 5.69 Å². The van der Waals surface area contributed by atoms with Crippen LogP contribution in [-0.4, -0.2) is 34.2 Å². The molecule has 0 fully saturated rings. The van der Waals surface area contributed by atoms with Crippen LogP contribution >= 0.6 is 11.6 Å². The van der Waals surface area contributed by atoms with Gasteiger partial charge in [0.15, 0.2) is 0 Å². The molecule has 3 rings (SSSR count). The summed E-state index contributed by atoms with van der Waals surface area (Å²) in [6, 6.07) is 13.9. The summed E-state index contributed by atoms with van der Waals surface area (Å²) in [7, 11) is 1.93. The van der Waals surface area contributed by atoms with Crippen molar-refractivity contribution in [2.75, 3.05) is 18.9 Å². The molecule has 0 radical (unpaired) electrons. The van der Waals surface area contributed by atoms with Gasteiger partial charge < -0.3 is 5.32 Å². The first-order valence-electron chi connectivity index (χ1n) is 9.62. The SMILES string of the molecule is Cc1cc(C)c(NC(=O)CN(C)Cc2c(C)nn(-c3ccccc3)c2C)c(Cl)c1. The highest BCUT2D eigenvalue weighted by Gasteiger charge is 2.17. The Morgan fingerprint density at radius 1 is 1.14 bits per heavy atom. The Bertz CT molecular complexity index is 1000. The molecule has 6 heteroatoms. The van der Waals surface area contributed by atoms with Crippen molar-refractivity contribution in [3.8, 4) is 5.69 Å². The number of amides is 1. The molecule has 2 aromatic carbocycles. The minimum absolute atomic E-state index is 0.0906. The van der Waals surface area contributed by atoms with E-state index >= 15 is 0 Å². The molecule has 0 aliphatic heterocycles. The third-order valence-corrected chi connectivity index (χ3v) is 5.28. The van der Waals surface area contributed by atoms with Crippen molar-refractivity contribution in [3.05, 3.63) is 75.6 Å². The molecular formula is C23H27ClN4O. The number of rotatable bonds is 6. The molecule has 29 heavy (non-hydrogen) atoms. The molecule has 1 amide bonds. The maximum absolute atomic E-state index is 12.6. The van der Waals surface area contributed by atoms with Crippen LogP contribution in [0.25, 0.3) is 5.69 Å². The third-order valence-electron chi connectivity index (χ3n) is 4.98. The fourth-order valence-corrected chi connectivity index (χ4v) is 3.92. The Morgan fingerprint density at radius 3 is 2.48 bits per heavy atom. The Hall–Kier alpha value is -2.63. The van der Waals surface area contributed by atoms with E-state index in [1.807, 2.05) is 79.9 Å². The van der Waals surface area contributed by atoms with Crippen molar-refractivity contribution in [3.63, 3.8) is 0 Å². The minimum atomic E-state index is -0.0906. The van der Waals surface area contributed by atoms with Gasteiger partial charge in [-0.25, -0.2) is 4.68 Å². The standard InChI is InChI=1S/C23H27ClN4O/c1-15-11-16(2)23(21(24)12-15)25-22(29)14-27(5)13-20-17(3)26-28(18(20)4)19-9-7-6-8-10-19/h6-12H,13-14H2,1-5H3,(H,25,29). The van der Waals surface area contributed by atoms with Crippen molar-refractivity contribution in [1.82, 2.24) is 14.7 Å². The molecule has 0 aliphatic carbocycles. The largest absolute Gasteiger partial charge is 0.323 e. The van der Waals surface area contributed by atoms with E-state index < -0.39 is 0 Å². The van der Waals surface area contributed by atoms with Gasteiger partial charge in [0.2, 0.25) is 5.91 Å². The van der Waals surface area contributed by atoms with E-state index in [9.17, 15) is 4.79 Å². The smallest absolute Gasteiger partial charge is 0.238 e. The molecule has 0 saturated carbocycles. The fourth-order valence-electron chi connectivity index (χ4n) is 3.55. The van der Waals surface area contributed by atoms with Gasteiger partial charge in [0, 0.05) is 17.8 Å². The highest BCUT2D eigenvalue weighted by atomic mass is 35.5. The molecular weight excluding hydrogens is 384 g/mol. The minimum Gasteiger partial charge on any atom is -0.323 e. The van der Waals surface area contributed by atoms with Crippen LogP contribution in [0.2, 0.25) is 5.02 Å². The first kappa shape index (κ1) is 21.1. The van der Waals surface area contributed by atoms with E-state index in [0.29, 0.717) is 17.3 Å². The fraction of sp³-hybridized carbons (Fsp3) is 0.304. The summed E-state index contributed by atoms with van der Waals surface area (Å²) in [5.41, 5.74) is 6.93. The number of likely N-dealkylation sites (N-methyl/N-ethyl adjacent to an activating group) is 1. The number of carbonyl (C=O) groups excluding carboxylic acids is 1. The van der Waals surface area contributed by atoms with Crippen LogP contribution in [0.5, 0.6) is 0 Å². The average Bonchev–Trinajstić information content (AvgIpc) is 2.93. The van der Waals surface area contributed by atoms with Gasteiger partial charge in [-0.2, -0.15) is 5.10 Å². The van der Waals surface area contributed by atoms with Crippen molar-refractivity contribution in [1.29, 1.82) is 0 Å². The zero-order chi connectivity index (χ0) is 21.1. The molecule has 5 nitrogen and oxygen atoms in total. The zero-order valence-corrected chi connectivity index (χ0v) is 18.3. The highest BCUT2D eigenvalue weighted by Crippen LogP contribution is 2.27. The second-order valence-corrected chi connectivity index (χ2v) is 7.96. The number of hydrogen-bond acceptors (Lipinski definition) is 3. The number of aryl methyl sites for hydroxylation is 3. The predicted octanol–water partition coefficient (Wildman–Crippen LogP) is 4.83. The molecule has 0 aliphatic rings. The maximum atomic E-state index is 12.6. The number of carbonyl (C=O) groups is 1. The van der Waals surface area contributed by atoms with E-state index in [0.717, 1.165) is 33.8 Å². The Kier molecular flexibility index (Phi) is 6.40. The van der Waals surface area contributed by atoms with E-state index in [4.69, 9.17) is 11.6 Å². The summed E-state index contributed by atoms with van der Waals surface area (Å²) in [4.78, 5) is 14.6. The van der Waals surface area contributed by atoms with E-state index in [2.05, 4.69) is 17.3 Å². The van der Waals surface area contributed by atoms with Crippen LogP contribution in [0, 0.1) is 27.7 Å². The van der Waals surface area contributed by atoms with Crippen LogP contribution in [0.1, 0.15) is 28.1 Å². The lowest BCUT2D eigenvalue weighted by atomic mass is 10.1. The summed E-state index contributed by atoms with van der Waals surface area (Å²) >= 11 is 6.31. The summed E-state index contributed by atoms with van der Waals surface area (Å²) < 4.78 is 1.95. The number of benzene rings is 2. The van der Waals surface area contributed by atoms with Gasteiger partial charge in [-0.05, 0) is 64.1 Å². The number of hydrogen-bond donors (Lipinski definition) is 1. The molecule has 3 aromatic rings. The Labute approximate surface area is 177 Å². The summed E-state index contributed by atoms with van der Waals surface area (Å²) in [5, 5.41) is 8.20. The number of nitrogens with zero attached hydrogens (tertiary/aromatic N) is 3. The first-order chi connectivity index (χ1) is 13.8. The van der Waals surface area contributed by atoms with E-state index in [1.54, 1.807) is 0 Å². The van der Waals surface area contributed by atoms with Gasteiger partial charge in [-0.15, -0.1) is 0 Å². The summed E-state index contributed by atoms with van der Waals surface area (Å²) in [6.07, 6.45) is 0. The van der Waals surface area contributed by atoms with Crippen LogP contribution in [0.3, 0.4) is 0 Å². The topological polar surface area (TPSA) is 50.2 Å². The quantitative estimate of drug-likeness (QED) is 0.633. The van der Waals surface area contributed by atoms with E-state index in [-0.39, 0.29) is 12.5 Å². The molecule has 0 atom stereocenters. The van der Waals surface area contributed by atoms with Gasteiger partial charge in [0.1, 0.15) is 0 Å². The molecule has 0 saturated heterocycles. The van der Waals surface area contributed by atoms with Crippen molar-refractivity contribution in [2.45, 2.75) is 34.2 Å². The van der Waals surface area contributed by atoms with Crippen LogP contribution in [0.15, 0.2) is 42.5 Å².